The average molecular weight is 505 g/mol. The Morgan fingerprint density at radius 3 is 2.68 bits per heavy atom. The molecule has 0 bridgehead atoms. The van der Waals surface area contributed by atoms with Crippen molar-refractivity contribution < 1.29 is 22.7 Å². The molecule has 37 heavy (non-hydrogen) atoms. The van der Waals surface area contributed by atoms with E-state index in [0.29, 0.717) is 39.7 Å². The zero-order chi connectivity index (χ0) is 26.0. The summed E-state index contributed by atoms with van der Waals surface area (Å²) >= 11 is 0. The highest BCUT2D eigenvalue weighted by Crippen LogP contribution is 2.34. The van der Waals surface area contributed by atoms with Crippen LogP contribution in [0.25, 0.3) is 22.4 Å². The Bertz CT molecular complexity index is 1600. The van der Waals surface area contributed by atoms with Crippen molar-refractivity contribution in [3.8, 4) is 17.0 Å². The number of methoxy groups -OCH3 is 1. The number of anilines is 3. The van der Waals surface area contributed by atoms with Gasteiger partial charge in [-0.15, -0.1) is 0 Å². The lowest BCUT2D eigenvalue weighted by atomic mass is 10.1. The van der Waals surface area contributed by atoms with Crippen molar-refractivity contribution in [3.05, 3.63) is 84.6 Å². The van der Waals surface area contributed by atoms with Crippen LogP contribution in [0, 0.1) is 0 Å². The molecule has 0 aliphatic heterocycles. The monoisotopic (exact) mass is 505 g/mol. The number of fused-ring (bicyclic) bond motifs is 1. The van der Waals surface area contributed by atoms with Gasteiger partial charge in [0.25, 0.3) is 5.91 Å². The number of carbonyl (C=O) groups excluding carboxylic acids is 1. The first-order valence-electron chi connectivity index (χ1n) is 10.9. The number of halogens is 3. The third-order valence-electron chi connectivity index (χ3n) is 5.44. The van der Waals surface area contributed by atoms with Gasteiger partial charge in [-0.25, -0.2) is 19.9 Å². The maximum absolute atomic E-state index is 13.1. The summed E-state index contributed by atoms with van der Waals surface area (Å²) in [5.41, 5.74) is 2.10. The number of pyridine rings is 1. The van der Waals surface area contributed by atoms with Crippen molar-refractivity contribution in [1.82, 2.24) is 24.9 Å². The lowest BCUT2D eigenvalue weighted by Crippen LogP contribution is -2.14. The van der Waals surface area contributed by atoms with Gasteiger partial charge in [0.15, 0.2) is 5.65 Å². The standard InChI is InChI=1S/C25H18F3N7O2/c1-37-19-8-7-16(11-18(19)35-24(36)14-4-2-5-15(10-14)25(26,27)28)34-22-17(6-3-9-29-22)20-21-23(32-12-30-20)33-13-31-21/h2-13H,1H3,(H,29,34)(H,35,36)(H,30,31,32,33). The maximum Gasteiger partial charge on any atom is 0.416 e. The van der Waals surface area contributed by atoms with E-state index in [-0.39, 0.29) is 11.3 Å². The minimum Gasteiger partial charge on any atom is -0.495 e. The van der Waals surface area contributed by atoms with Gasteiger partial charge in [-0.1, -0.05) is 6.07 Å². The van der Waals surface area contributed by atoms with Crippen molar-refractivity contribution in [2.24, 2.45) is 0 Å². The fourth-order valence-corrected chi connectivity index (χ4v) is 3.71. The Hall–Kier alpha value is -5.00. The number of nitrogens with one attached hydrogen (secondary N) is 3. The molecule has 0 saturated heterocycles. The van der Waals surface area contributed by atoms with Crippen LogP contribution < -0.4 is 15.4 Å². The highest BCUT2D eigenvalue weighted by atomic mass is 19.4. The van der Waals surface area contributed by atoms with Crippen LogP contribution in [0.15, 0.2) is 73.4 Å². The first kappa shape index (κ1) is 23.7. The van der Waals surface area contributed by atoms with Gasteiger partial charge in [-0.2, -0.15) is 13.2 Å². The molecule has 9 nitrogen and oxygen atoms in total. The first-order chi connectivity index (χ1) is 17.8. The number of carbonyl (C=O) groups is 1. The Kier molecular flexibility index (Phi) is 6.14. The van der Waals surface area contributed by atoms with Crippen LogP contribution in [-0.4, -0.2) is 37.9 Å². The minimum absolute atomic E-state index is 0.144. The second kappa shape index (κ2) is 9.57. The van der Waals surface area contributed by atoms with Crippen LogP contribution in [-0.2, 0) is 6.18 Å². The molecule has 0 saturated carbocycles. The van der Waals surface area contributed by atoms with Gasteiger partial charge in [0.05, 0.1) is 24.7 Å². The number of H-pyrrole nitrogens is 1. The number of imidazole rings is 1. The van der Waals surface area contributed by atoms with Crippen LogP contribution in [0.3, 0.4) is 0 Å². The van der Waals surface area contributed by atoms with Gasteiger partial charge < -0.3 is 20.4 Å². The normalized spacial score (nSPS) is 11.4. The molecule has 0 spiro atoms. The van der Waals surface area contributed by atoms with Gasteiger partial charge in [0.2, 0.25) is 0 Å². The van der Waals surface area contributed by atoms with E-state index in [1.807, 2.05) is 6.07 Å². The predicted octanol–water partition coefficient (Wildman–Crippen LogP) is 5.44. The molecule has 0 fully saturated rings. The second-order valence-electron chi connectivity index (χ2n) is 7.79. The van der Waals surface area contributed by atoms with Crippen LogP contribution in [0.5, 0.6) is 5.75 Å². The summed E-state index contributed by atoms with van der Waals surface area (Å²) < 4.78 is 44.6. The molecule has 0 atom stereocenters. The summed E-state index contributed by atoms with van der Waals surface area (Å²) in [6, 6.07) is 12.7. The van der Waals surface area contributed by atoms with Crippen molar-refractivity contribution in [1.29, 1.82) is 0 Å². The number of hydrogen-bond acceptors (Lipinski definition) is 7. The van der Waals surface area contributed by atoms with E-state index in [1.54, 1.807) is 30.5 Å². The lowest BCUT2D eigenvalue weighted by Gasteiger charge is -2.15. The fraction of sp³-hybridized carbons (Fsp3) is 0.0800. The smallest absolute Gasteiger partial charge is 0.416 e. The van der Waals surface area contributed by atoms with Crippen molar-refractivity contribution in [2.45, 2.75) is 6.18 Å². The third kappa shape index (κ3) is 4.89. The van der Waals surface area contributed by atoms with E-state index in [4.69, 9.17) is 4.74 Å². The van der Waals surface area contributed by atoms with Gasteiger partial charge in [0, 0.05) is 23.0 Å². The number of nitrogens with zero attached hydrogens (tertiary/aromatic N) is 4. The summed E-state index contributed by atoms with van der Waals surface area (Å²) in [6.07, 6.45) is -0.0193. The van der Waals surface area contributed by atoms with Crippen LogP contribution in [0.1, 0.15) is 15.9 Å². The van der Waals surface area contributed by atoms with Crippen LogP contribution in [0.4, 0.5) is 30.4 Å². The van der Waals surface area contributed by atoms with Crippen molar-refractivity contribution in [3.63, 3.8) is 0 Å². The van der Waals surface area contributed by atoms with Crippen molar-refractivity contribution in [2.75, 3.05) is 17.7 Å². The molecule has 1 amide bonds. The molecule has 0 aliphatic carbocycles. The molecule has 0 aliphatic rings. The molecule has 2 aromatic carbocycles. The zero-order valence-corrected chi connectivity index (χ0v) is 19.2. The van der Waals surface area contributed by atoms with E-state index >= 15 is 0 Å². The van der Waals surface area contributed by atoms with E-state index in [1.165, 1.54) is 31.9 Å². The summed E-state index contributed by atoms with van der Waals surface area (Å²) in [6.45, 7) is 0. The Balaban J connectivity index is 1.45. The molecule has 0 unspecified atom stereocenters. The summed E-state index contributed by atoms with van der Waals surface area (Å²) in [4.78, 5) is 33.0. The SMILES string of the molecule is COc1ccc(Nc2ncccc2-c2ncnc3[nH]cnc23)cc1NC(=O)c1cccc(C(F)(F)F)c1. The van der Waals surface area contributed by atoms with E-state index < -0.39 is 17.6 Å². The minimum atomic E-state index is -4.57. The fourth-order valence-electron chi connectivity index (χ4n) is 3.71. The first-order valence-corrected chi connectivity index (χ1v) is 10.9. The number of alkyl halides is 3. The molecule has 5 rings (SSSR count). The third-order valence-corrected chi connectivity index (χ3v) is 5.44. The van der Waals surface area contributed by atoms with Gasteiger partial charge >= 0.3 is 6.18 Å². The molecule has 12 heteroatoms. The van der Waals surface area contributed by atoms with Gasteiger partial charge in [-0.3, -0.25) is 4.79 Å². The molecular weight excluding hydrogens is 487 g/mol. The van der Waals surface area contributed by atoms with Crippen molar-refractivity contribution >= 4 is 34.3 Å². The zero-order valence-electron chi connectivity index (χ0n) is 19.2. The summed E-state index contributed by atoms with van der Waals surface area (Å²) in [7, 11) is 1.42. The maximum atomic E-state index is 13.1. The lowest BCUT2D eigenvalue weighted by molar-refractivity contribution is -0.137. The number of hydrogen-bond donors (Lipinski definition) is 3. The molecule has 3 aromatic heterocycles. The highest BCUT2D eigenvalue weighted by Gasteiger charge is 2.31. The van der Waals surface area contributed by atoms with Crippen LogP contribution >= 0.6 is 0 Å². The number of aromatic amines is 1. The highest BCUT2D eigenvalue weighted by molar-refractivity contribution is 6.05. The molecule has 3 heterocycles. The second-order valence-corrected chi connectivity index (χ2v) is 7.79. The van der Waals surface area contributed by atoms with Gasteiger partial charge in [0.1, 0.15) is 29.1 Å². The summed E-state index contributed by atoms with van der Waals surface area (Å²) in [5, 5.41) is 5.82. The Morgan fingerprint density at radius 1 is 1.00 bits per heavy atom. The predicted molar refractivity (Wildman–Crippen MR) is 131 cm³/mol. The number of ether oxygens (including phenoxy) is 1. The summed E-state index contributed by atoms with van der Waals surface area (Å²) in [5.74, 6) is 0.0639. The Morgan fingerprint density at radius 2 is 1.86 bits per heavy atom. The van der Waals surface area contributed by atoms with E-state index in [9.17, 15) is 18.0 Å². The van der Waals surface area contributed by atoms with E-state index in [0.717, 1.165) is 12.1 Å². The van der Waals surface area contributed by atoms with Gasteiger partial charge in [-0.05, 0) is 48.5 Å². The molecule has 186 valence electrons. The van der Waals surface area contributed by atoms with E-state index in [2.05, 4.69) is 35.6 Å². The molecular formula is C25H18F3N7O2. The number of rotatable bonds is 6. The molecule has 5 aromatic rings. The number of amides is 1. The largest absolute Gasteiger partial charge is 0.495 e. The topological polar surface area (TPSA) is 118 Å². The van der Waals surface area contributed by atoms with Crippen LogP contribution in [0.2, 0.25) is 0 Å². The number of aromatic nitrogens is 5. The molecule has 3 N–H and O–H groups in total. The molecule has 0 radical (unpaired) electrons. The quantitative estimate of drug-likeness (QED) is 0.281. The Labute approximate surface area is 207 Å². The number of benzene rings is 2. The average Bonchev–Trinajstić information content (AvgIpc) is 3.38.